The summed E-state index contributed by atoms with van der Waals surface area (Å²) < 4.78 is 67.9. The summed E-state index contributed by atoms with van der Waals surface area (Å²) in [6, 6.07) is 12.5. The standard InChI is InChI=1S/C72H97N9O20/c1-47(2)68(78-65(83)16-21-92-23-25-94-27-29-96-31-33-98-35-36-99-34-32-97-30-28-95-26-24-93-22-17-73-64(82)15-18-79-66(84)13-14-67(79)85)70(87)76-48(3)69(86)77-53-11-9-50(10-12-53)52-38-55-44-75-59-42-63(61(91-5)40-57(59)72(89)81(55)46-52)101-20-6-19-100-62-41-58-56(39-60(62)90-4)71(88)80-45-51(49-7-8-49)37-54(80)43-74-58/h9-14,39-42,45-49,54-55,68,74-75H,6-8,15-38,43-44H2,1-5H3,(H,73,82)(H,76,87)(H,77,86)(H,78,83)/t48-,54?,55-,68-/m0/s1. The van der Waals surface area contributed by atoms with Gasteiger partial charge in [-0.25, -0.2) is 0 Å². The Hall–Kier alpha value is -8.68. The lowest BCUT2D eigenvalue weighted by atomic mass is 10.0. The van der Waals surface area contributed by atoms with E-state index in [1.54, 1.807) is 63.1 Å². The molecular formula is C72H97N9O20. The topological polar surface area (TPSA) is 329 Å². The monoisotopic (exact) mass is 1410 g/mol. The zero-order valence-electron chi connectivity index (χ0n) is 58.4. The predicted octanol–water partition coefficient (Wildman–Crippen LogP) is 4.70. The first-order valence-corrected chi connectivity index (χ1v) is 34.8. The van der Waals surface area contributed by atoms with Crippen LogP contribution in [0.25, 0.3) is 5.57 Å². The number of carbonyl (C=O) groups is 8. The highest BCUT2D eigenvalue weighted by atomic mass is 16.6. The summed E-state index contributed by atoms with van der Waals surface area (Å²) in [6.07, 6.45) is 10.7. The fourth-order valence-corrected chi connectivity index (χ4v) is 11.8. The average molecular weight is 1410 g/mol. The third-order valence-corrected chi connectivity index (χ3v) is 17.5. The van der Waals surface area contributed by atoms with Gasteiger partial charge in [-0.2, -0.15) is 0 Å². The molecule has 0 saturated heterocycles. The molecular weight excluding hydrogens is 1310 g/mol. The first-order valence-electron chi connectivity index (χ1n) is 34.8. The molecule has 6 aliphatic rings. The molecule has 1 aliphatic carbocycles. The molecule has 0 aromatic heterocycles. The molecule has 8 amide bonds. The zero-order valence-corrected chi connectivity index (χ0v) is 58.4. The second kappa shape index (κ2) is 39.5. The van der Waals surface area contributed by atoms with E-state index in [2.05, 4.69) is 38.1 Å². The van der Waals surface area contributed by atoms with Crippen LogP contribution < -0.4 is 50.8 Å². The predicted molar refractivity (Wildman–Crippen MR) is 371 cm³/mol. The maximum Gasteiger partial charge on any atom is 0.260 e. The van der Waals surface area contributed by atoms with Crippen molar-refractivity contribution in [2.45, 2.75) is 89.9 Å². The number of hydrogen-bond acceptors (Lipinski definition) is 22. The number of carbonyl (C=O) groups excluding carboxylic acids is 8. The van der Waals surface area contributed by atoms with Crippen LogP contribution in [-0.2, 0) is 66.7 Å². The van der Waals surface area contributed by atoms with Crippen molar-refractivity contribution in [1.29, 1.82) is 0 Å². The molecule has 9 rings (SSSR count). The van der Waals surface area contributed by atoms with Gasteiger partial charge in [-0.1, -0.05) is 26.0 Å². The number of imide groups is 1. The Labute approximate surface area is 588 Å². The summed E-state index contributed by atoms with van der Waals surface area (Å²) >= 11 is 0. The molecule has 1 saturated carbocycles. The lowest BCUT2D eigenvalue weighted by molar-refractivity contribution is -0.137. The number of benzene rings is 3. The van der Waals surface area contributed by atoms with Crippen molar-refractivity contribution in [2.75, 3.05) is 175 Å². The van der Waals surface area contributed by atoms with Crippen LogP contribution in [0.15, 0.2) is 78.7 Å². The number of anilines is 3. The highest BCUT2D eigenvalue weighted by molar-refractivity contribution is 6.13. The molecule has 6 N–H and O–H groups in total. The largest absolute Gasteiger partial charge is 0.493 e. The third kappa shape index (κ3) is 22.9. The van der Waals surface area contributed by atoms with Gasteiger partial charge in [0.05, 0.1) is 168 Å². The first kappa shape index (κ1) is 76.5. The minimum Gasteiger partial charge on any atom is -0.493 e. The van der Waals surface area contributed by atoms with Crippen LogP contribution in [0, 0.1) is 11.8 Å². The van der Waals surface area contributed by atoms with Crippen LogP contribution in [0.4, 0.5) is 17.1 Å². The van der Waals surface area contributed by atoms with Gasteiger partial charge in [0.15, 0.2) is 23.0 Å². The van der Waals surface area contributed by atoms with Gasteiger partial charge in [0, 0.05) is 87.8 Å². The smallest absolute Gasteiger partial charge is 0.260 e. The van der Waals surface area contributed by atoms with Gasteiger partial charge in [-0.05, 0) is 85.4 Å². The van der Waals surface area contributed by atoms with Crippen molar-refractivity contribution in [3.63, 3.8) is 0 Å². The molecule has 5 heterocycles. The summed E-state index contributed by atoms with van der Waals surface area (Å²) in [7, 11) is 3.09. The third-order valence-electron chi connectivity index (χ3n) is 17.5. The van der Waals surface area contributed by atoms with Crippen molar-refractivity contribution in [2.24, 2.45) is 11.8 Å². The molecule has 3 aromatic carbocycles. The van der Waals surface area contributed by atoms with Crippen molar-refractivity contribution < 1.29 is 95.2 Å². The van der Waals surface area contributed by atoms with E-state index in [0.29, 0.717) is 195 Å². The number of fused-ring (bicyclic) bond motifs is 4. The van der Waals surface area contributed by atoms with Crippen LogP contribution in [0.3, 0.4) is 0 Å². The number of hydrogen-bond donors (Lipinski definition) is 6. The zero-order chi connectivity index (χ0) is 71.5. The van der Waals surface area contributed by atoms with Gasteiger partial charge < -0.3 is 98.5 Å². The summed E-state index contributed by atoms with van der Waals surface area (Å²) in [6.45, 7) is 12.9. The number of nitrogens with zero attached hydrogens (tertiary/aromatic N) is 3. The van der Waals surface area contributed by atoms with Crippen LogP contribution in [-0.4, -0.2) is 245 Å². The summed E-state index contributed by atoms with van der Waals surface area (Å²) in [5.74, 6) is -0.414. The normalized spacial score (nSPS) is 17.3. The summed E-state index contributed by atoms with van der Waals surface area (Å²) in [5.41, 5.74) is 6.05. The van der Waals surface area contributed by atoms with Gasteiger partial charge in [0.1, 0.15) is 12.1 Å². The van der Waals surface area contributed by atoms with Crippen LogP contribution in [0.2, 0.25) is 0 Å². The molecule has 0 bridgehead atoms. The number of ether oxygens (including phenoxy) is 12. The number of rotatable bonds is 46. The lowest BCUT2D eigenvalue weighted by Crippen LogP contribution is -2.53. The Morgan fingerprint density at radius 1 is 0.535 bits per heavy atom. The second-order valence-electron chi connectivity index (χ2n) is 25.2. The van der Waals surface area contributed by atoms with Crippen LogP contribution in [0.1, 0.15) is 92.0 Å². The molecule has 1 fully saturated rings. The Balaban J connectivity index is 0.569. The molecule has 29 heteroatoms. The fraction of sp³-hybridized carbons (Fsp3) is 0.556. The lowest BCUT2D eigenvalue weighted by Gasteiger charge is -2.24. The van der Waals surface area contributed by atoms with Crippen LogP contribution in [0.5, 0.6) is 23.0 Å². The molecule has 0 radical (unpaired) electrons. The highest BCUT2D eigenvalue weighted by Crippen LogP contribution is 2.45. The summed E-state index contributed by atoms with van der Waals surface area (Å²) in [5, 5.41) is 18.0. The van der Waals surface area contributed by atoms with E-state index >= 15 is 0 Å². The number of amides is 8. The van der Waals surface area contributed by atoms with Crippen molar-refractivity contribution in [1.82, 2.24) is 30.7 Å². The Morgan fingerprint density at radius 3 is 1.51 bits per heavy atom. The van der Waals surface area contributed by atoms with E-state index in [1.807, 2.05) is 29.3 Å². The summed E-state index contributed by atoms with van der Waals surface area (Å²) in [4.78, 5) is 107. The molecule has 4 atom stereocenters. The van der Waals surface area contributed by atoms with E-state index in [9.17, 15) is 38.4 Å². The second-order valence-corrected chi connectivity index (χ2v) is 25.2. The maximum absolute atomic E-state index is 14.2. The molecule has 3 aromatic rings. The van der Waals surface area contributed by atoms with Crippen molar-refractivity contribution >= 4 is 69.9 Å². The van der Waals surface area contributed by atoms with E-state index in [-0.39, 0.29) is 74.2 Å². The minimum atomic E-state index is -0.929. The van der Waals surface area contributed by atoms with E-state index in [4.69, 9.17) is 56.8 Å². The number of methoxy groups -OCH3 is 2. The quantitative estimate of drug-likeness (QED) is 0.0330. The van der Waals surface area contributed by atoms with Crippen molar-refractivity contribution in [3.8, 4) is 23.0 Å². The van der Waals surface area contributed by atoms with Gasteiger partial charge in [0.25, 0.3) is 23.6 Å². The van der Waals surface area contributed by atoms with E-state index < -0.39 is 35.7 Å². The van der Waals surface area contributed by atoms with Crippen LogP contribution >= 0.6 is 0 Å². The molecule has 0 spiro atoms. The fourth-order valence-electron chi connectivity index (χ4n) is 11.8. The Morgan fingerprint density at radius 2 is 1.02 bits per heavy atom. The van der Waals surface area contributed by atoms with Gasteiger partial charge >= 0.3 is 0 Å². The first-order chi connectivity index (χ1) is 49.1. The van der Waals surface area contributed by atoms with Gasteiger partial charge in [-0.3, -0.25) is 43.3 Å². The van der Waals surface area contributed by atoms with E-state index in [1.165, 1.54) is 37.7 Å². The molecule has 29 nitrogen and oxygen atoms in total. The maximum atomic E-state index is 14.2. The van der Waals surface area contributed by atoms with Gasteiger partial charge in [-0.15, -0.1) is 0 Å². The molecule has 101 heavy (non-hydrogen) atoms. The van der Waals surface area contributed by atoms with Crippen molar-refractivity contribution in [3.05, 3.63) is 95.3 Å². The number of nitrogens with one attached hydrogen (secondary N) is 6. The molecule has 550 valence electrons. The van der Waals surface area contributed by atoms with Gasteiger partial charge in [0.2, 0.25) is 23.6 Å². The molecule has 5 aliphatic heterocycles. The minimum absolute atomic E-state index is 0.0191. The molecule has 1 unspecified atom stereocenters. The Bertz CT molecular complexity index is 3400. The highest BCUT2D eigenvalue weighted by Gasteiger charge is 2.40. The van der Waals surface area contributed by atoms with E-state index in [0.717, 1.165) is 22.5 Å². The average Bonchev–Trinajstić information content (AvgIpc) is 1.69. The SMILES string of the molecule is COc1cc2c(cc1OCCCOc1cc3c(cc1OC)C(=O)N1C=C(c4ccc(NC(=O)[C@H](C)NC(=O)[C@@H](NC(=O)CCOCCOCCOCCOCCOCCOCCOCCOCCNC(=O)CCN5C(=O)C=CC5=O)C(C)C)cc4)C[C@H]1CN3)NCC1CC(C3CC3)=CN1C2=O. The Kier molecular flexibility index (Phi) is 29.9.